The maximum Gasteiger partial charge on any atom is 0.134 e. The van der Waals surface area contributed by atoms with E-state index in [0.29, 0.717) is 6.04 Å². The zero-order chi connectivity index (χ0) is 13.0. The Morgan fingerprint density at radius 1 is 1.28 bits per heavy atom. The number of nitrogens with one attached hydrogen (secondary N) is 1. The van der Waals surface area contributed by atoms with Crippen LogP contribution in [-0.2, 0) is 0 Å². The zero-order valence-electron chi connectivity index (χ0n) is 11.7. The van der Waals surface area contributed by atoms with Crippen molar-refractivity contribution in [2.24, 2.45) is 5.92 Å². The molecule has 0 aromatic carbocycles. The van der Waals surface area contributed by atoms with E-state index in [1.54, 1.807) is 6.33 Å². The van der Waals surface area contributed by atoms with E-state index in [-0.39, 0.29) is 0 Å². The second-order valence-electron chi connectivity index (χ2n) is 5.21. The molecule has 1 aliphatic carbocycles. The molecule has 1 fully saturated rings. The van der Waals surface area contributed by atoms with Crippen molar-refractivity contribution in [3.05, 3.63) is 12.4 Å². The van der Waals surface area contributed by atoms with E-state index < -0.39 is 0 Å². The molecule has 2 rings (SSSR count). The third-order valence-electron chi connectivity index (χ3n) is 4.21. The number of hydrogen-bond donors (Lipinski definition) is 1. The van der Waals surface area contributed by atoms with Crippen molar-refractivity contribution in [2.45, 2.75) is 45.1 Å². The molecule has 0 unspecified atom stereocenters. The molecule has 4 heteroatoms. The summed E-state index contributed by atoms with van der Waals surface area (Å²) < 4.78 is 0. The highest BCUT2D eigenvalue weighted by Crippen LogP contribution is 2.30. The number of hydrogen-bond acceptors (Lipinski definition) is 4. The molecule has 1 saturated carbocycles. The van der Waals surface area contributed by atoms with Crippen LogP contribution >= 0.6 is 0 Å². The van der Waals surface area contributed by atoms with Crippen LogP contribution < -0.4 is 10.2 Å². The van der Waals surface area contributed by atoms with Gasteiger partial charge in [0.05, 0.1) is 0 Å². The molecule has 1 N–H and O–H groups in total. The lowest BCUT2D eigenvalue weighted by atomic mass is 9.84. The van der Waals surface area contributed by atoms with Crippen LogP contribution in [0.3, 0.4) is 0 Å². The average Bonchev–Trinajstić information content (AvgIpc) is 2.46. The van der Waals surface area contributed by atoms with E-state index in [9.17, 15) is 0 Å². The summed E-state index contributed by atoms with van der Waals surface area (Å²) in [6.45, 7) is 2.30. The van der Waals surface area contributed by atoms with E-state index in [2.05, 4.69) is 34.2 Å². The van der Waals surface area contributed by atoms with Gasteiger partial charge in [0.25, 0.3) is 0 Å². The van der Waals surface area contributed by atoms with Gasteiger partial charge < -0.3 is 10.2 Å². The number of rotatable bonds is 4. The molecule has 0 spiro atoms. The Bertz CT molecular complexity index is 372. The van der Waals surface area contributed by atoms with Crippen LogP contribution in [0.4, 0.5) is 11.6 Å². The molecule has 0 saturated heterocycles. The van der Waals surface area contributed by atoms with Gasteiger partial charge in [-0.1, -0.05) is 13.3 Å². The van der Waals surface area contributed by atoms with Crippen molar-refractivity contribution in [3.8, 4) is 0 Å². The first-order chi connectivity index (χ1) is 8.74. The van der Waals surface area contributed by atoms with Crippen LogP contribution in [0.15, 0.2) is 12.4 Å². The fourth-order valence-electron chi connectivity index (χ4n) is 2.80. The van der Waals surface area contributed by atoms with E-state index >= 15 is 0 Å². The fourth-order valence-corrected chi connectivity index (χ4v) is 2.80. The fraction of sp³-hybridized carbons (Fsp3) is 0.714. The topological polar surface area (TPSA) is 41.0 Å². The lowest BCUT2D eigenvalue weighted by molar-refractivity contribution is 0.313. The molecule has 18 heavy (non-hydrogen) atoms. The van der Waals surface area contributed by atoms with Gasteiger partial charge in [-0.3, -0.25) is 0 Å². The van der Waals surface area contributed by atoms with Crippen LogP contribution in [0.2, 0.25) is 0 Å². The van der Waals surface area contributed by atoms with Crippen molar-refractivity contribution in [3.63, 3.8) is 0 Å². The third kappa shape index (κ3) is 2.92. The lowest BCUT2D eigenvalue weighted by Gasteiger charge is -2.35. The van der Waals surface area contributed by atoms with E-state index in [1.807, 2.05) is 13.1 Å². The van der Waals surface area contributed by atoms with Gasteiger partial charge in [0, 0.05) is 26.2 Å². The van der Waals surface area contributed by atoms with Crippen LogP contribution in [0.1, 0.15) is 39.0 Å². The van der Waals surface area contributed by atoms with Gasteiger partial charge in [-0.2, -0.15) is 0 Å². The number of nitrogens with zero attached hydrogens (tertiary/aromatic N) is 3. The van der Waals surface area contributed by atoms with Gasteiger partial charge in [-0.15, -0.1) is 0 Å². The van der Waals surface area contributed by atoms with Crippen LogP contribution in [0.5, 0.6) is 0 Å². The van der Waals surface area contributed by atoms with Crippen molar-refractivity contribution >= 4 is 11.6 Å². The summed E-state index contributed by atoms with van der Waals surface area (Å²) in [7, 11) is 4.04. The Balaban J connectivity index is 2.00. The standard InChI is InChI=1S/C14H24N4/c1-4-11-5-7-12(8-6-11)18(3)14-9-13(15-2)16-10-17-14/h9-12H,4-8H2,1-3H3,(H,15,16,17). The predicted octanol–water partition coefficient (Wildman–Crippen LogP) is 2.92. The monoisotopic (exact) mass is 248 g/mol. The number of aromatic nitrogens is 2. The molecule has 0 bridgehead atoms. The summed E-state index contributed by atoms with van der Waals surface area (Å²) in [4.78, 5) is 10.9. The van der Waals surface area contributed by atoms with Gasteiger partial charge >= 0.3 is 0 Å². The minimum Gasteiger partial charge on any atom is -0.373 e. The molecule has 0 radical (unpaired) electrons. The highest BCUT2D eigenvalue weighted by atomic mass is 15.2. The summed E-state index contributed by atoms with van der Waals surface area (Å²) in [5.74, 6) is 2.84. The van der Waals surface area contributed by atoms with Gasteiger partial charge in [-0.25, -0.2) is 9.97 Å². The SMILES string of the molecule is CCC1CCC(N(C)c2cc(NC)ncn2)CC1. The van der Waals surface area contributed by atoms with E-state index in [0.717, 1.165) is 17.6 Å². The van der Waals surface area contributed by atoms with Gasteiger partial charge in [0.2, 0.25) is 0 Å². The molecule has 0 aliphatic heterocycles. The minimum absolute atomic E-state index is 0.632. The highest BCUT2D eigenvalue weighted by Gasteiger charge is 2.23. The van der Waals surface area contributed by atoms with Crippen LogP contribution in [0, 0.1) is 5.92 Å². The van der Waals surface area contributed by atoms with Gasteiger partial charge in [0.15, 0.2) is 0 Å². The van der Waals surface area contributed by atoms with Gasteiger partial charge in [-0.05, 0) is 31.6 Å². The van der Waals surface area contributed by atoms with E-state index in [4.69, 9.17) is 0 Å². The summed E-state index contributed by atoms with van der Waals surface area (Å²) in [6, 6.07) is 2.65. The average molecular weight is 248 g/mol. The summed E-state index contributed by atoms with van der Waals surface area (Å²) >= 11 is 0. The summed E-state index contributed by atoms with van der Waals surface area (Å²) in [6.07, 6.45) is 8.25. The molecule has 0 amide bonds. The van der Waals surface area contributed by atoms with Crippen molar-refractivity contribution < 1.29 is 0 Å². The first-order valence-electron chi connectivity index (χ1n) is 6.97. The molecule has 100 valence electrons. The largest absolute Gasteiger partial charge is 0.373 e. The molecule has 4 nitrogen and oxygen atoms in total. The predicted molar refractivity (Wildman–Crippen MR) is 76.0 cm³/mol. The molecule has 1 aromatic heterocycles. The molecular formula is C14H24N4. The molecule has 1 heterocycles. The van der Waals surface area contributed by atoms with E-state index in [1.165, 1.54) is 32.1 Å². The van der Waals surface area contributed by atoms with Crippen molar-refractivity contribution in [1.82, 2.24) is 9.97 Å². The quantitative estimate of drug-likeness (QED) is 0.889. The Labute approximate surface area is 110 Å². The molecule has 1 aromatic rings. The van der Waals surface area contributed by atoms with Crippen LogP contribution in [-0.4, -0.2) is 30.1 Å². The zero-order valence-corrected chi connectivity index (χ0v) is 11.7. The second-order valence-corrected chi connectivity index (χ2v) is 5.21. The van der Waals surface area contributed by atoms with Crippen LogP contribution in [0.25, 0.3) is 0 Å². The highest BCUT2D eigenvalue weighted by molar-refractivity contribution is 5.48. The van der Waals surface area contributed by atoms with Crippen molar-refractivity contribution in [1.29, 1.82) is 0 Å². The Kier molecular flexibility index (Phi) is 4.39. The minimum atomic E-state index is 0.632. The normalized spacial score (nSPS) is 23.7. The molecule has 0 atom stereocenters. The lowest BCUT2D eigenvalue weighted by Crippen LogP contribution is -2.35. The Hall–Kier alpha value is -1.32. The van der Waals surface area contributed by atoms with Gasteiger partial charge in [0.1, 0.15) is 18.0 Å². The molecular weight excluding hydrogens is 224 g/mol. The first kappa shape index (κ1) is 13.1. The summed E-state index contributed by atoms with van der Waals surface area (Å²) in [5.41, 5.74) is 0. The third-order valence-corrected chi connectivity index (χ3v) is 4.21. The maximum atomic E-state index is 4.38. The maximum absolute atomic E-state index is 4.38. The first-order valence-corrected chi connectivity index (χ1v) is 6.97. The second kappa shape index (κ2) is 6.03. The Morgan fingerprint density at radius 2 is 2.00 bits per heavy atom. The smallest absolute Gasteiger partial charge is 0.134 e. The van der Waals surface area contributed by atoms with Crippen molar-refractivity contribution in [2.75, 3.05) is 24.3 Å². The number of anilines is 2. The molecule has 1 aliphatic rings. The Morgan fingerprint density at radius 3 is 2.61 bits per heavy atom. The summed E-state index contributed by atoms with van der Waals surface area (Å²) in [5, 5.41) is 3.06.